The Hall–Kier alpha value is -2.69. The quantitative estimate of drug-likeness (QED) is 0.182. The summed E-state index contributed by atoms with van der Waals surface area (Å²) < 4.78 is 34.8. The Morgan fingerprint density at radius 1 is 0.725 bits per heavy atom. The van der Waals surface area contributed by atoms with Crippen LogP contribution < -0.4 is 49.7 Å². The van der Waals surface area contributed by atoms with E-state index in [0.29, 0.717) is 39.1 Å². The molecule has 3 rings (SSSR count). The summed E-state index contributed by atoms with van der Waals surface area (Å²) in [6.07, 6.45) is 1.12. The van der Waals surface area contributed by atoms with Crippen LogP contribution in [0, 0.1) is 27.7 Å². The second-order valence-corrected chi connectivity index (χ2v) is 10.4. The molecule has 0 radical (unpaired) electrons. The number of carbonyl (C=O) groups excluding carboxylic acids is 2. The van der Waals surface area contributed by atoms with E-state index in [4.69, 9.17) is 9.47 Å². The summed E-state index contributed by atoms with van der Waals surface area (Å²) in [5, 5.41) is 5.51. The van der Waals surface area contributed by atoms with E-state index in [1.165, 1.54) is 18.2 Å². The minimum atomic E-state index is -2.60. The van der Waals surface area contributed by atoms with Crippen molar-refractivity contribution in [2.45, 2.75) is 45.4 Å². The van der Waals surface area contributed by atoms with Gasteiger partial charge in [0.25, 0.3) is 11.8 Å². The molecule has 0 spiro atoms. The fourth-order valence-corrected chi connectivity index (χ4v) is 4.44. The molecule has 1 unspecified atom stereocenters. The maximum atomic E-state index is 12.7. The van der Waals surface area contributed by atoms with E-state index in [-0.39, 0.29) is 45.6 Å². The van der Waals surface area contributed by atoms with Gasteiger partial charge in [-0.2, -0.15) is 0 Å². The maximum absolute atomic E-state index is 12.7. The van der Waals surface area contributed by atoms with Gasteiger partial charge in [0.2, 0.25) is 0 Å². The minimum absolute atomic E-state index is 0. The number of carbonyl (C=O) groups is 2. The van der Waals surface area contributed by atoms with Crippen LogP contribution in [0.1, 0.15) is 55.8 Å². The Labute approximate surface area is 260 Å². The molecule has 0 aliphatic rings. The number of hydrogen-bond acceptors (Lipinski definition) is 6. The van der Waals surface area contributed by atoms with Gasteiger partial charge >= 0.3 is 29.6 Å². The first-order valence-electron chi connectivity index (χ1n) is 12.8. The van der Waals surface area contributed by atoms with Crippen LogP contribution in [0.4, 0.5) is 0 Å². The summed E-state index contributed by atoms with van der Waals surface area (Å²) in [5.41, 5.74) is 4.58. The summed E-state index contributed by atoms with van der Waals surface area (Å²) in [5.74, 6) is 0.657. The molecule has 0 heterocycles. The monoisotopic (exact) mass is 574 g/mol. The van der Waals surface area contributed by atoms with Crippen LogP contribution in [0.5, 0.6) is 11.5 Å². The summed E-state index contributed by atoms with van der Waals surface area (Å²) >= 11 is -2.60. The van der Waals surface area contributed by atoms with E-state index in [1.54, 1.807) is 0 Å². The van der Waals surface area contributed by atoms with Gasteiger partial charge in [0.05, 0.1) is 13.2 Å². The predicted octanol–water partition coefficient (Wildman–Crippen LogP) is 1.56. The number of amides is 2. The summed E-state index contributed by atoms with van der Waals surface area (Å²) in [7, 11) is 0. The zero-order valence-electron chi connectivity index (χ0n) is 23.8. The summed E-state index contributed by atoms with van der Waals surface area (Å²) in [4.78, 5) is 25.3. The number of aryl methyl sites for hydroxylation is 4. The molecule has 0 bridgehead atoms. The van der Waals surface area contributed by atoms with Crippen LogP contribution in [0.15, 0.2) is 59.5 Å². The molecule has 1 atom stereocenters. The Balaban J connectivity index is 0.00000560. The first kappa shape index (κ1) is 33.5. The standard InChI is InChI=1S/C30H36N2O6S.Na/c1-20-7-9-27(22(3)15-20)37-13-5-11-31-29(33)24-17-25(19-26(18-24)39(35)36)30(34)32-12-6-14-38-28-10-8-21(2)16-23(28)4;/h7-10,15-19H,5-6,11-14H2,1-4H3,(H,31,33)(H,32,34)(H,35,36);/q;+1/p-1. The van der Waals surface area contributed by atoms with Gasteiger partial charge in [-0.3, -0.25) is 13.8 Å². The first-order valence-corrected chi connectivity index (χ1v) is 13.9. The molecule has 40 heavy (non-hydrogen) atoms. The molecule has 2 N–H and O–H groups in total. The summed E-state index contributed by atoms with van der Waals surface area (Å²) in [6, 6.07) is 15.8. The van der Waals surface area contributed by atoms with Gasteiger partial charge in [-0.15, -0.1) is 0 Å². The van der Waals surface area contributed by atoms with Crippen molar-refractivity contribution in [3.63, 3.8) is 0 Å². The topological polar surface area (TPSA) is 117 Å². The molecule has 8 nitrogen and oxygen atoms in total. The number of rotatable bonds is 13. The first-order chi connectivity index (χ1) is 18.6. The van der Waals surface area contributed by atoms with Gasteiger partial charge in [-0.05, 0) is 93.1 Å². The van der Waals surface area contributed by atoms with E-state index < -0.39 is 22.9 Å². The van der Waals surface area contributed by atoms with Crippen molar-refractivity contribution in [2.75, 3.05) is 26.3 Å². The van der Waals surface area contributed by atoms with Crippen molar-refractivity contribution in [2.24, 2.45) is 0 Å². The van der Waals surface area contributed by atoms with Crippen molar-refractivity contribution < 1.29 is 57.4 Å². The van der Waals surface area contributed by atoms with E-state index in [2.05, 4.69) is 10.6 Å². The Kier molecular flexibility index (Phi) is 13.9. The minimum Gasteiger partial charge on any atom is -0.768 e. The number of benzene rings is 3. The largest absolute Gasteiger partial charge is 1.00 e. The SMILES string of the molecule is Cc1ccc(OCCCNC(=O)c2cc(C(=O)NCCCOc3ccc(C)cc3C)cc(S(=O)[O-])c2)c(C)c1.[Na+]. The Morgan fingerprint density at radius 2 is 1.15 bits per heavy atom. The van der Waals surface area contributed by atoms with Gasteiger partial charge in [-0.25, -0.2) is 0 Å². The zero-order valence-corrected chi connectivity index (χ0v) is 26.6. The number of hydrogen-bond donors (Lipinski definition) is 2. The average Bonchev–Trinajstić information content (AvgIpc) is 2.90. The molecule has 0 aliphatic carbocycles. The molecule has 2 amide bonds. The fourth-order valence-electron chi connectivity index (χ4n) is 4.00. The molecule has 208 valence electrons. The molecule has 3 aromatic rings. The third-order valence-corrected chi connectivity index (χ3v) is 6.63. The van der Waals surface area contributed by atoms with Crippen molar-refractivity contribution in [1.29, 1.82) is 0 Å². The zero-order chi connectivity index (χ0) is 28.4. The summed E-state index contributed by atoms with van der Waals surface area (Å²) in [6.45, 7) is 9.47. The number of ether oxygens (including phenoxy) is 2. The van der Waals surface area contributed by atoms with E-state index in [0.717, 1.165) is 33.8 Å². The van der Waals surface area contributed by atoms with Crippen LogP contribution in [0.3, 0.4) is 0 Å². The second kappa shape index (κ2) is 16.5. The molecular formula is C30H35N2NaO6S. The van der Waals surface area contributed by atoms with E-state index in [9.17, 15) is 18.4 Å². The Bertz CT molecular complexity index is 1260. The molecule has 3 aromatic carbocycles. The Morgan fingerprint density at radius 3 is 1.52 bits per heavy atom. The van der Waals surface area contributed by atoms with Crippen LogP contribution in [-0.4, -0.2) is 46.9 Å². The molecule has 10 heteroatoms. The smallest absolute Gasteiger partial charge is 0.768 e. The third kappa shape index (κ3) is 10.4. The molecule has 0 aliphatic heterocycles. The molecule has 0 saturated heterocycles. The normalized spacial score (nSPS) is 11.2. The van der Waals surface area contributed by atoms with Gasteiger partial charge in [0.1, 0.15) is 11.5 Å². The van der Waals surface area contributed by atoms with Crippen molar-refractivity contribution in [1.82, 2.24) is 10.6 Å². The van der Waals surface area contributed by atoms with Gasteiger partial charge in [0.15, 0.2) is 0 Å². The van der Waals surface area contributed by atoms with Crippen molar-refractivity contribution in [3.05, 3.63) is 88.0 Å². The van der Waals surface area contributed by atoms with Gasteiger partial charge in [0, 0.05) is 29.1 Å². The van der Waals surface area contributed by atoms with Crippen molar-refractivity contribution in [3.8, 4) is 11.5 Å². The maximum Gasteiger partial charge on any atom is 1.00 e. The second-order valence-electron chi connectivity index (χ2n) is 9.43. The van der Waals surface area contributed by atoms with Crippen LogP contribution >= 0.6 is 0 Å². The number of nitrogens with one attached hydrogen (secondary N) is 2. The predicted molar refractivity (Wildman–Crippen MR) is 150 cm³/mol. The van der Waals surface area contributed by atoms with Gasteiger partial charge in [-0.1, -0.05) is 35.4 Å². The van der Waals surface area contributed by atoms with Crippen LogP contribution in [0.25, 0.3) is 0 Å². The molecule has 0 saturated carbocycles. The average molecular weight is 575 g/mol. The molecule has 0 fully saturated rings. The van der Waals surface area contributed by atoms with Crippen molar-refractivity contribution >= 4 is 22.9 Å². The van der Waals surface area contributed by atoms with Crippen LogP contribution in [0.2, 0.25) is 0 Å². The van der Waals surface area contributed by atoms with Gasteiger partial charge < -0.3 is 24.7 Å². The van der Waals surface area contributed by atoms with E-state index >= 15 is 0 Å². The van der Waals surface area contributed by atoms with E-state index in [1.807, 2.05) is 64.1 Å². The molecule has 0 aromatic heterocycles. The fraction of sp³-hybridized carbons (Fsp3) is 0.333. The molecular weight excluding hydrogens is 539 g/mol. The third-order valence-electron chi connectivity index (χ3n) is 6.01. The van der Waals surface area contributed by atoms with Crippen LogP contribution in [-0.2, 0) is 11.1 Å².